The Labute approximate surface area is 110 Å². The molecule has 0 aromatic carbocycles. The van der Waals surface area contributed by atoms with Crippen molar-refractivity contribution in [2.45, 2.75) is 50.2 Å². The lowest BCUT2D eigenvalue weighted by atomic mass is 9.79. The van der Waals surface area contributed by atoms with E-state index in [1.54, 1.807) is 0 Å². The molecule has 0 amide bonds. The fraction of sp³-hybridized carbons (Fsp3) is 1.00. The van der Waals surface area contributed by atoms with E-state index in [0.29, 0.717) is 18.4 Å². The van der Waals surface area contributed by atoms with Gasteiger partial charge in [-0.2, -0.15) is 0 Å². The molecule has 1 atom stereocenters. The summed E-state index contributed by atoms with van der Waals surface area (Å²) in [5, 5.41) is 3.61. The Morgan fingerprint density at radius 2 is 2.11 bits per heavy atom. The molecule has 18 heavy (non-hydrogen) atoms. The molecule has 4 heteroatoms. The molecule has 1 N–H and O–H groups in total. The van der Waals surface area contributed by atoms with Crippen LogP contribution in [0, 0.1) is 0 Å². The van der Waals surface area contributed by atoms with Crippen LogP contribution in [0.15, 0.2) is 0 Å². The van der Waals surface area contributed by atoms with E-state index in [2.05, 4.69) is 10.2 Å². The van der Waals surface area contributed by atoms with Gasteiger partial charge in [0.1, 0.15) is 6.79 Å². The molecule has 0 aromatic rings. The molecule has 1 spiro atoms. The summed E-state index contributed by atoms with van der Waals surface area (Å²) in [5.41, 5.74) is 0.429. The quantitative estimate of drug-likeness (QED) is 0.807. The first-order valence-electron chi connectivity index (χ1n) is 7.54. The second-order valence-corrected chi connectivity index (χ2v) is 6.01. The van der Waals surface area contributed by atoms with E-state index in [4.69, 9.17) is 9.47 Å². The topological polar surface area (TPSA) is 33.7 Å². The molecule has 3 aliphatic rings. The van der Waals surface area contributed by atoms with Crippen LogP contribution in [0.4, 0.5) is 0 Å². The molecule has 1 unspecified atom stereocenters. The Morgan fingerprint density at radius 3 is 2.89 bits per heavy atom. The van der Waals surface area contributed by atoms with Gasteiger partial charge in [0, 0.05) is 31.7 Å². The van der Waals surface area contributed by atoms with Gasteiger partial charge in [-0.1, -0.05) is 19.3 Å². The number of rotatable bonds is 2. The normalized spacial score (nSPS) is 33.7. The minimum atomic E-state index is 0.385. The number of piperazine rings is 1. The molecule has 1 saturated carbocycles. The molecule has 2 heterocycles. The van der Waals surface area contributed by atoms with E-state index < -0.39 is 0 Å². The summed E-state index contributed by atoms with van der Waals surface area (Å²) in [5.74, 6) is 0. The third-order valence-electron chi connectivity index (χ3n) is 4.86. The van der Waals surface area contributed by atoms with Crippen molar-refractivity contribution in [3.05, 3.63) is 0 Å². The zero-order valence-electron chi connectivity index (χ0n) is 11.3. The Hall–Kier alpha value is -0.160. The molecule has 1 aliphatic carbocycles. The molecule has 104 valence electrons. The van der Waals surface area contributed by atoms with Crippen molar-refractivity contribution in [3.63, 3.8) is 0 Å². The van der Waals surface area contributed by atoms with E-state index in [0.717, 1.165) is 26.1 Å². The second kappa shape index (κ2) is 5.87. The highest BCUT2D eigenvalue weighted by molar-refractivity contribution is 4.98. The van der Waals surface area contributed by atoms with Crippen LogP contribution in [-0.2, 0) is 9.47 Å². The number of nitrogens with zero attached hydrogens (tertiary/aromatic N) is 1. The maximum absolute atomic E-state index is 5.73. The summed E-state index contributed by atoms with van der Waals surface area (Å²) in [7, 11) is 0. The monoisotopic (exact) mass is 254 g/mol. The van der Waals surface area contributed by atoms with Crippen LogP contribution in [0.1, 0.15) is 38.5 Å². The molecule has 2 aliphatic heterocycles. The van der Waals surface area contributed by atoms with E-state index in [-0.39, 0.29) is 0 Å². The largest absolute Gasteiger partial charge is 0.355 e. The van der Waals surface area contributed by atoms with Gasteiger partial charge in [-0.25, -0.2) is 0 Å². The summed E-state index contributed by atoms with van der Waals surface area (Å²) in [6.45, 7) is 5.94. The maximum Gasteiger partial charge on any atom is 0.147 e. The fourth-order valence-corrected chi connectivity index (χ4v) is 3.76. The highest BCUT2D eigenvalue weighted by Crippen LogP contribution is 2.35. The lowest BCUT2D eigenvalue weighted by Crippen LogP contribution is -2.63. The van der Waals surface area contributed by atoms with Gasteiger partial charge in [0.2, 0.25) is 0 Å². The second-order valence-electron chi connectivity index (χ2n) is 6.01. The van der Waals surface area contributed by atoms with Crippen LogP contribution in [0.5, 0.6) is 0 Å². The van der Waals surface area contributed by atoms with Crippen molar-refractivity contribution in [2.24, 2.45) is 0 Å². The van der Waals surface area contributed by atoms with Crippen molar-refractivity contribution in [1.29, 1.82) is 0 Å². The third kappa shape index (κ3) is 2.72. The zero-order chi connectivity index (χ0) is 12.3. The van der Waals surface area contributed by atoms with Gasteiger partial charge >= 0.3 is 0 Å². The van der Waals surface area contributed by atoms with Crippen LogP contribution in [0.2, 0.25) is 0 Å². The molecule has 0 radical (unpaired) electrons. The van der Waals surface area contributed by atoms with E-state index in [1.807, 2.05) is 0 Å². The standard InChI is InChI=1S/C14H26N2O2/c1-2-5-14(6-3-1)11-15-7-8-16(14)10-13-4-9-17-12-18-13/h13,15H,1-12H2. The Bertz CT molecular complexity index is 252. The molecule has 3 rings (SSSR count). The lowest BCUT2D eigenvalue weighted by molar-refractivity contribution is -0.152. The van der Waals surface area contributed by atoms with Gasteiger partial charge in [-0.3, -0.25) is 4.90 Å². The van der Waals surface area contributed by atoms with Gasteiger partial charge < -0.3 is 14.8 Å². The third-order valence-corrected chi connectivity index (χ3v) is 4.86. The van der Waals surface area contributed by atoms with Crippen molar-refractivity contribution < 1.29 is 9.47 Å². The summed E-state index contributed by atoms with van der Waals surface area (Å²) in [6, 6.07) is 0. The van der Waals surface area contributed by atoms with Crippen LogP contribution in [-0.4, -0.2) is 56.1 Å². The van der Waals surface area contributed by atoms with Crippen LogP contribution in [0.3, 0.4) is 0 Å². The highest BCUT2D eigenvalue weighted by Gasteiger charge is 2.40. The summed E-state index contributed by atoms with van der Waals surface area (Å²) < 4.78 is 11.0. The van der Waals surface area contributed by atoms with Gasteiger partial charge in [-0.15, -0.1) is 0 Å². The average Bonchev–Trinajstić information content (AvgIpc) is 2.44. The number of hydrogen-bond acceptors (Lipinski definition) is 4. The van der Waals surface area contributed by atoms with E-state index in [1.165, 1.54) is 45.2 Å². The first-order chi connectivity index (χ1) is 8.89. The Balaban J connectivity index is 1.63. The summed E-state index contributed by atoms with van der Waals surface area (Å²) >= 11 is 0. The minimum absolute atomic E-state index is 0.385. The SMILES string of the molecule is C1CCC2(CC1)CNCCN2CC1CCOCO1. The maximum atomic E-state index is 5.73. The van der Waals surface area contributed by atoms with Crippen molar-refractivity contribution in [2.75, 3.05) is 39.6 Å². The van der Waals surface area contributed by atoms with Crippen molar-refractivity contribution in [3.8, 4) is 0 Å². The van der Waals surface area contributed by atoms with Crippen LogP contribution >= 0.6 is 0 Å². The van der Waals surface area contributed by atoms with Crippen LogP contribution < -0.4 is 5.32 Å². The molecule has 2 saturated heterocycles. The fourth-order valence-electron chi connectivity index (χ4n) is 3.76. The van der Waals surface area contributed by atoms with Gasteiger partial charge in [-0.05, 0) is 19.3 Å². The smallest absolute Gasteiger partial charge is 0.147 e. The number of ether oxygens (including phenoxy) is 2. The predicted octanol–water partition coefficient (Wildman–Crippen LogP) is 1.36. The van der Waals surface area contributed by atoms with Gasteiger partial charge in [0.25, 0.3) is 0 Å². The van der Waals surface area contributed by atoms with E-state index in [9.17, 15) is 0 Å². The van der Waals surface area contributed by atoms with Crippen molar-refractivity contribution in [1.82, 2.24) is 10.2 Å². The van der Waals surface area contributed by atoms with Crippen LogP contribution in [0.25, 0.3) is 0 Å². The number of hydrogen-bond donors (Lipinski definition) is 1. The van der Waals surface area contributed by atoms with Gasteiger partial charge in [0.15, 0.2) is 0 Å². The Kier molecular flexibility index (Phi) is 4.19. The Morgan fingerprint density at radius 1 is 1.22 bits per heavy atom. The molecule has 4 nitrogen and oxygen atoms in total. The predicted molar refractivity (Wildman–Crippen MR) is 70.6 cm³/mol. The lowest BCUT2D eigenvalue weighted by Gasteiger charge is -2.51. The molecule has 0 aromatic heterocycles. The molecular formula is C14H26N2O2. The minimum Gasteiger partial charge on any atom is -0.355 e. The summed E-state index contributed by atoms with van der Waals surface area (Å²) in [4.78, 5) is 2.72. The molecular weight excluding hydrogens is 228 g/mol. The molecule has 3 fully saturated rings. The number of nitrogens with one attached hydrogen (secondary N) is 1. The van der Waals surface area contributed by atoms with E-state index >= 15 is 0 Å². The first kappa shape index (κ1) is 12.9. The first-order valence-corrected chi connectivity index (χ1v) is 7.54. The summed E-state index contributed by atoms with van der Waals surface area (Å²) in [6.07, 6.45) is 8.38. The average molecular weight is 254 g/mol. The molecule has 0 bridgehead atoms. The highest BCUT2D eigenvalue weighted by atomic mass is 16.7. The van der Waals surface area contributed by atoms with Gasteiger partial charge in [0.05, 0.1) is 12.7 Å². The van der Waals surface area contributed by atoms with Crippen molar-refractivity contribution >= 4 is 0 Å². The zero-order valence-corrected chi connectivity index (χ0v) is 11.3.